The van der Waals surface area contributed by atoms with E-state index in [9.17, 15) is 9.59 Å². The summed E-state index contributed by atoms with van der Waals surface area (Å²) in [6.45, 7) is 1.83. The van der Waals surface area contributed by atoms with E-state index in [1.165, 1.54) is 0 Å². The molecule has 2 amide bonds. The molecule has 0 bridgehead atoms. The lowest BCUT2D eigenvalue weighted by Crippen LogP contribution is -2.28. The summed E-state index contributed by atoms with van der Waals surface area (Å²) in [6.07, 6.45) is 0.513. The minimum absolute atomic E-state index is 0.0534. The molecule has 0 spiro atoms. The Balaban J connectivity index is 1.57. The highest BCUT2D eigenvalue weighted by Gasteiger charge is 2.29. The van der Waals surface area contributed by atoms with Crippen molar-refractivity contribution in [3.63, 3.8) is 0 Å². The van der Waals surface area contributed by atoms with Crippen LogP contribution in [0.25, 0.3) is 11.3 Å². The fraction of sp³-hybridized carbons (Fsp3) is 0.222. The molecule has 2 N–H and O–H groups in total. The summed E-state index contributed by atoms with van der Waals surface area (Å²) in [5, 5.41) is 13.7. The Labute approximate surface area is 149 Å². The van der Waals surface area contributed by atoms with Crippen LogP contribution in [0.15, 0.2) is 40.9 Å². The van der Waals surface area contributed by atoms with Crippen LogP contribution in [0, 0.1) is 5.92 Å². The highest BCUT2D eigenvalue weighted by molar-refractivity contribution is 6.04. The van der Waals surface area contributed by atoms with Gasteiger partial charge in [-0.2, -0.15) is 5.10 Å². The van der Waals surface area contributed by atoms with Crippen molar-refractivity contribution in [1.29, 1.82) is 0 Å². The van der Waals surface area contributed by atoms with E-state index in [0.29, 0.717) is 23.8 Å². The number of hydrogen-bond donors (Lipinski definition) is 2. The summed E-state index contributed by atoms with van der Waals surface area (Å²) >= 11 is 0. The van der Waals surface area contributed by atoms with E-state index >= 15 is 0 Å². The first-order chi connectivity index (χ1) is 12.5. The molecule has 1 aliphatic heterocycles. The lowest BCUT2D eigenvalue weighted by Gasteiger charge is -2.19. The van der Waals surface area contributed by atoms with Crippen LogP contribution in [0.2, 0.25) is 0 Å². The highest BCUT2D eigenvalue weighted by Crippen LogP contribution is 2.31. The second-order valence-electron chi connectivity index (χ2n) is 6.29. The molecule has 1 aliphatic rings. The number of aromatic nitrogens is 3. The standard InChI is InChI=1S/C18H17N5O3/c1-10-8-12-15(21-23(2)16(12)20-17(10)24)19-18(25)13-9-14(26-22-13)11-6-4-3-5-7-11/h3-7,9-10H,8H2,1-2H3,(H,20,24)(H,19,21,25). The molecule has 132 valence electrons. The van der Waals surface area contributed by atoms with Crippen molar-refractivity contribution in [2.75, 3.05) is 10.6 Å². The van der Waals surface area contributed by atoms with E-state index < -0.39 is 5.91 Å². The zero-order valence-corrected chi connectivity index (χ0v) is 14.3. The van der Waals surface area contributed by atoms with E-state index in [2.05, 4.69) is 20.9 Å². The van der Waals surface area contributed by atoms with Gasteiger partial charge < -0.3 is 15.2 Å². The Morgan fingerprint density at radius 1 is 1.35 bits per heavy atom. The van der Waals surface area contributed by atoms with E-state index in [1.807, 2.05) is 37.3 Å². The Hall–Kier alpha value is -3.42. The fourth-order valence-corrected chi connectivity index (χ4v) is 2.95. The average Bonchev–Trinajstić information content (AvgIpc) is 3.23. The minimum Gasteiger partial charge on any atom is -0.355 e. The smallest absolute Gasteiger partial charge is 0.279 e. The number of benzene rings is 1. The van der Waals surface area contributed by atoms with E-state index in [-0.39, 0.29) is 17.5 Å². The fourth-order valence-electron chi connectivity index (χ4n) is 2.95. The summed E-state index contributed by atoms with van der Waals surface area (Å²) in [7, 11) is 1.72. The molecule has 2 aromatic heterocycles. The van der Waals surface area contributed by atoms with Gasteiger partial charge in [0.25, 0.3) is 5.91 Å². The molecule has 0 fully saturated rings. The van der Waals surface area contributed by atoms with Crippen LogP contribution in [0.1, 0.15) is 23.0 Å². The normalized spacial score (nSPS) is 16.1. The lowest BCUT2D eigenvalue weighted by atomic mass is 9.98. The molecular formula is C18H17N5O3. The van der Waals surface area contributed by atoms with Crippen LogP contribution in [-0.4, -0.2) is 26.8 Å². The third-order valence-corrected chi connectivity index (χ3v) is 4.38. The number of fused-ring (bicyclic) bond motifs is 1. The van der Waals surface area contributed by atoms with Crippen molar-refractivity contribution in [1.82, 2.24) is 14.9 Å². The van der Waals surface area contributed by atoms with Gasteiger partial charge in [0.1, 0.15) is 5.82 Å². The van der Waals surface area contributed by atoms with Gasteiger partial charge in [-0.3, -0.25) is 14.3 Å². The van der Waals surface area contributed by atoms with Crippen LogP contribution in [0.4, 0.5) is 11.6 Å². The zero-order valence-electron chi connectivity index (χ0n) is 14.3. The molecule has 8 heteroatoms. The zero-order chi connectivity index (χ0) is 18.3. The quantitative estimate of drug-likeness (QED) is 0.755. The Morgan fingerprint density at radius 3 is 2.88 bits per heavy atom. The van der Waals surface area contributed by atoms with Gasteiger partial charge in [0, 0.05) is 30.2 Å². The summed E-state index contributed by atoms with van der Waals surface area (Å²) in [5.41, 5.74) is 1.81. The van der Waals surface area contributed by atoms with E-state index in [0.717, 1.165) is 11.1 Å². The first-order valence-electron chi connectivity index (χ1n) is 8.23. The molecule has 8 nitrogen and oxygen atoms in total. The maximum absolute atomic E-state index is 12.5. The lowest BCUT2D eigenvalue weighted by molar-refractivity contribution is -0.119. The number of amides is 2. The van der Waals surface area contributed by atoms with Crippen molar-refractivity contribution in [2.24, 2.45) is 13.0 Å². The monoisotopic (exact) mass is 351 g/mol. The summed E-state index contributed by atoms with van der Waals surface area (Å²) in [4.78, 5) is 24.4. The Bertz CT molecular complexity index is 990. The van der Waals surface area contributed by atoms with Crippen LogP contribution in [0.5, 0.6) is 0 Å². The van der Waals surface area contributed by atoms with E-state index in [4.69, 9.17) is 4.52 Å². The van der Waals surface area contributed by atoms with Gasteiger partial charge in [-0.25, -0.2) is 0 Å². The van der Waals surface area contributed by atoms with Crippen LogP contribution >= 0.6 is 0 Å². The summed E-state index contributed by atoms with van der Waals surface area (Å²) in [5.74, 6) is 0.889. The van der Waals surface area contributed by atoms with Crippen molar-refractivity contribution in [2.45, 2.75) is 13.3 Å². The molecular weight excluding hydrogens is 334 g/mol. The number of hydrogen-bond acceptors (Lipinski definition) is 5. The molecule has 4 rings (SSSR count). The molecule has 0 saturated carbocycles. The Kier molecular flexibility index (Phi) is 3.80. The average molecular weight is 351 g/mol. The van der Waals surface area contributed by atoms with Crippen molar-refractivity contribution in [3.8, 4) is 11.3 Å². The molecule has 1 aromatic carbocycles. The van der Waals surface area contributed by atoms with Gasteiger partial charge in [-0.15, -0.1) is 0 Å². The SMILES string of the molecule is CC1Cc2c(NC(=O)c3cc(-c4ccccc4)on3)nn(C)c2NC1=O. The minimum atomic E-state index is -0.415. The highest BCUT2D eigenvalue weighted by atomic mass is 16.5. The molecule has 3 heterocycles. The van der Waals surface area contributed by atoms with Gasteiger partial charge in [-0.1, -0.05) is 42.4 Å². The number of nitrogens with one attached hydrogen (secondary N) is 2. The van der Waals surface area contributed by atoms with Crippen molar-refractivity contribution < 1.29 is 14.1 Å². The topological polar surface area (TPSA) is 102 Å². The van der Waals surface area contributed by atoms with Gasteiger partial charge in [0.05, 0.1) is 0 Å². The van der Waals surface area contributed by atoms with Gasteiger partial charge in [0.15, 0.2) is 17.3 Å². The third kappa shape index (κ3) is 2.75. The Morgan fingerprint density at radius 2 is 2.12 bits per heavy atom. The van der Waals surface area contributed by atoms with Crippen LogP contribution in [-0.2, 0) is 18.3 Å². The molecule has 0 saturated heterocycles. The van der Waals surface area contributed by atoms with Crippen molar-refractivity contribution in [3.05, 3.63) is 47.7 Å². The second kappa shape index (κ2) is 6.14. The predicted octanol–water partition coefficient (Wildman–Crippen LogP) is 2.46. The molecule has 3 aromatic rings. The number of anilines is 2. The van der Waals surface area contributed by atoms with Crippen LogP contribution < -0.4 is 10.6 Å². The van der Waals surface area contributed by atoms with Gasteiger partial charge in [0.2, 0.25) is 5.91 Å². The number of aryl methyl sites for hydroxylation is 1. The van der Waals surface area contributed by atoms with Crippen LogP contribution in [0.3, 0.4) is 0 Å². The molecule has 1 unspecified atom stereocenters. The van der Waals surface area contributed by atoms with Crippen molar-refractivity contribution >= 4 is 23.5 Å². The molecule has 26 heavy (non-hydrogen) atoms. The number of rotatable bonds is 3. The first kappa shape index (κ1) is 16.1. The number of nitrogens with zero attached hydrogens (tertiary/aromatic N) is 3. The largest absolute Gasteiger partial charge is 0.355 e. The molecule has 1 atom stereocenters. The van der Waals surface area contributed by atoms with Gasteiger partial charge in [-0.05, 0) is 6.42 Å². The third-order valence-electron chi connectivity index (χ3n) is 4.38. The molecule has 0 aliphatic carbocycles. The number of carbonyl (C=O) groups is 2. The maximum atomic E-state index is 12.5. The molecule has 0 radical (unpaired) electrons. The summed E-state index contributed by atoms with van der Waals surface area (Å²) < 4.78 is 6.81. The first-order valence-corrected chi connectivity index (χ1v) is 8.23. The van der Waals surface area contributed by atoms with E-state index in [1.54, 1.807) is 17.8 Å². The van der Waals surface area contributed by atoms with Gasteiger partial charge >= 0.3 is 0 Å². The second-order valence-corrected chi connectivity index (χ2v) is 6.29. The number of carbonyl (C=O) groups excluding carboxylic acids is 2. The summed E-state index contributed by atoms with van der Waals surface area (Å²) in [6, 6.07) is 11.0. The predicted molar refractivity (Wildman–Crippen MR) is 94.6 cm³/mol. The maximum Gasteiger partial charge on any atom is 0.279 e.